The summed E-state index contributed by atoms with van der Waals surface area (Å²) in [5.74, 6) is -7.46. The maximum atomic E-state index is 13.3. The third-order valence-electron chi connectivity index (χ3n) is 13.6. The number of halogens is 10. The molecule has 1 saturated carbocycles. The van der Waals surface area contributed by atoms with Gasteiger partial charge in [0, 0.05) is 42.9 Å². The van der Waals surface area contributed by atoms with Crippen LogP contribution in [0.4, 0.5) is 43.9 Å². The van der Waals surface area contributed by atoms with Crippen molar-refractivity contribution in [3.05, 3.63) is 0 Å². The average Bonchev–Trinajstić information content (AvgIpc) is 3.88. The van der Waals surface area contributed by atoms with E-state index in [1.807, 2.05) is 96.9 Å². The van der Waals surface area contributed by atoms with Crippen LogP contribution in [0.25, 0.3) is 0 Å². The fourth-order valence-corrected chi connectivity index (χ4v) is 11.1. The zero-order valence-corrected chi connectivity index (χ0v) is 64.8. The molecule has 3 atom stereocenters. The summed E-state index contributed by atoms with van der Waals surface area (Å²) in [6.07, 6.45) is 8.53. The Morgan fingerprint density at radius 2 is 0.636 bits per heavy atom. The molecule has 0 bridgehead atoms. The van der Waals surface area contributed by atoms with E-state index in [0.717, 1.165) is 52.6 Å². The molecular formula is C76H156F10O2. The van der Waals surface area contributed by atoms with E-state index in [1.165, 1.54) is 33.1 Å². The van der Waals surface area contributed by atoms with Gasteiger partial charge in [-0.3, -0.25) is 0 Å². The van der Waals surface area contributed by atoms with Crippen molar-refractivity contribution >= 4 is 0 Å². The van der Waals surface area contributed by atoms with Crippen molar-refractivity contribution in [1.82, 2.24) is 0 Å². The number of rotatable bonds is 14. The van der Waals surface area contributed by atoms with Crippen LogP contribution in [0.1, 0.15) is 366 Å². The first kappa shape index (κ1) is 101. The molecule has 88 heavy (non-hydrogen) atoms. The fraction of sp³-hybridized carbons (Fsp3) is 1.00. The summed E-state index contributed by atoms with van der Waals surface area (Å²) < 4.78 is 137. The zero-order valence-electron chi connectivity index (χ0n) is 64.8. The average molecular weight is 1290 g/mol. The molecule has 3 fully saturated rings. The van der Waals surface area contributed by atoms with Gasteiger partial charge in [0.15, 0.2) is 0 Å². The van der Waals surface area contributed by atoms with E-state index >= 15 is 0 Å². The number of hydrogen-bond donors (Lipinski definition) is 0. The van der Waals surface area contributed by atoms with Gasteiger partial charge < -0.3 is 9.47 Å². The maximum Gasteiger partial charge on any atom is 0.248 e. The van der Waals surface area contributed by atoms with Gasteiger partial charge in [-0.25, -0.2) is 43.9 Å². The molecule has 0 spiro atoms. The minimum atomic E-state index is -2.52. The summed E-state index contributed by atoms with van der Waals surface area (Å²) in [5.41, 5.74) is -1.04. The van der Waals surface area contributed by atoms with E-state index in [0.29, 0.717) is 53.8 Å². The molecule has 2 nitrogen and oxygen atoms in total. The molecule has 0 radical (unpaired) electrons. The van der Waals surface area contributed by atoms with Crippen LogP contribution in [-0.2, 0) is 9.47 Å². The topological polar surface area (TPSA) is 18.5 Å². The Balaban J connectivity index is -0.000000168. The van der Waals surface area contributed by atoms with Crippen LogP contribution < -0.4 is 0 Å². The molecule has 1 aliphatic carbocycles. The Morgan fingerprint density at radius 3 is 0.693 bits per heavy atom. The lowest BCUT2D eigenvalue weighted by Gasteiger charge is -2.44. The molecule has 0 N–H and O–H groups in total. The number of ether oxygens (including phenoxy) is 2. The predicted molar refractivity (Wildman–Crippen MR) is 370 cm³/mol. The van der Waals surface area contributed by atoms with Gasteiger partial charge in [-0.15, -0.1) is 0 Å². The van der Waals surface area contributed by atoms with Gasteiger partial charge in [0.05, 0.1) is 32.6 Å². The first-order chi connectivity index (χ1) is 37.5. The van der Waals surface area contributed by atoms with Crippen molar-refractivity contribution in [1.29, 1.82) is 0 Å². The molecule has 2 aliphatic heterocycles. The molecule has 2 saturated heterocycles. The number of hydrogen-bond acceptors (Lipinski definition) is 2. The predicted octanol–water partition coefficient (Wildman–Crippen LogP) is 28.8. The van der Waals surface area contributed by atoms with E-state index in [1.54, 1.807) is 20.8 Å². The molecule has 2 heterocycles. The van der Waals surface area contributed by atoms with Crippen molar-refractivity contribution < 1.29 is 53.4 Å². The van der Waals surface area contributed by atoms with Gasteiger partial charge >= 0.3 is 0 Å². The van der Waals surface area contributed by atoms with Crippen molar-refractivity contribution in [3.63, 3.8) is 0 Å². The summed E-state index contributed by atoms with van der Waals surface area (Å²) >= 11 is 0. The quantitative estimate of drug-likeness (QED) is 0.161. The van der Waals surface area contributed by atoms with Crippen molar-refractivity contribution in [2.24, 2.45) is 59.6 Å². The van der Waals surface area contributed by atoms with E-state index in [-0.39, 0.29) is 77.4 Å². The molecule has 0 aromatic heterocycles. The molecule has 0 aromatic carbocycles. The molecule has 0 amide bonds. The molecule has 0 aromatic rings. The highest BCUT2D eigenvalue weighted by atomic mass is 19.3. The smallest absolute Gasteiger partial charge is 0.248 e. The Labute approximate surface area is 544 Å². The highest BCUT2D eigenvalue weighted by Gasteiger charge is 2.46. The molecule has 3 unspecified atom stereocenters. The van der Waals surface area contributed by atoms with Crippen molar-refractivity contribution in [2.75, 3.05) is 26.4 Å². The van der Waals surface area contributed by atoms with Crippen molar-refractivity contribution in [2.45, 2.75) is 407 Å². The van der Waals surface area contributed by atoms with E-state index < -0.39 is 40.9 Å². The highest BCUT2D eigenvalue weighted by Crippen LogP contribution is 2.48. The van der Waals surface area contributed by atoms with E-state index in [2.05, 4.69) is 118 Å². The largest absolute Gasteiger partial charge is 0.380 e. The first-order valence-electron chi connectivity index (χ1n) is 33.5. The van der Waals surface area contributed by atoms with Gasteiger partial charge in [0.25, 0.3) is 0 Å². The first-order valence-corrected chi connectivity index (χ1v) is 33.5. The molecule has 542 valence electrons. The maximum absolute atomic E-state index is 13.3. The van der Waals surface area contributed by atoms with Gasteiger partial charge in [-0.1, -0.05) is 236 Å². The number of alkyl halides is 10. The summed E-state index contributed by atoms with van der Waals surface area (Å²) in [5, 5.41) is 0. The summed E-state index contributed by atoms with van der Waals surface area (Å²) in [6, 6.07) is 0. The third-order valence-corrected chi connectivity index (χ3v) is 13.6. The van der Waals surface area contributed by atoms with Gasteiger partial charge in [0.1, 0.15) is 17.0 Å². The zero-order chi connectivity index (χ0) is 71.6. The lowest BCUT2D eigenvalue weighted by molar-refractivity contribution is -0.132. The Hall–Kier alpha value is -0.780. The minimum Gasteiger partial charge on any atom is -0.380 e. The van der Waals surface area contributed by atoms with Crippen molar-refractivity contribution in [3.8, 4) is 0 Å². The van der Waals surface area contributed by atoms with Gasteiger partial charge in [0.2, 0.25) is 17.8 Å². The van der Waals surface area contributed by atoms with Crippen LogP contribution >= 0.6 is 0 Å². The summed E-state index contributed by atoms with van der Waals surface area (Å²) in [4.78, 5) is 0. The van der Waals surface area contributed by atoms with E-state index in [9.17, 15) is 43.9 Å². The lowest BCUT2D eigenvalue weighted by atomic mass is 9.71. The van der Waals surface area contributed by atoms with Gasteiger partial charge in [-0.2, -0.15) is 0 Å². The second kappa shape index (κ2) is 39.3. The standard InChI is InChI=1S/C10H20O.2C9H19F.C9H18O.2C8H16F2.C8H15F.C7H14F2.C7H15F.CH4/c1-5-10(7-11-8-10)6-9(2,3)4;2*1-6-9(5,10)7-8(2,3)4;1-8(2,3)5-9(4)6-10-7-9;2*1-5-8(9,10)6-7(2,3)4;1-7(2,3)6-8(9)4-5-8;1-6(2,3)5-7(4,8)9;1-6(8)5-7(2,3)4;/h5-8H2,1-4H3;2*6-7H2,1-5H3;5-7H2,1-4H3;2*5-6H2,1-4H3;4-6H2,1-3H3;5H2,1-4H3;6H,5H2,1-4H3;1H4. The van der Waals surface area contributed by atoms with E-state index in [4.69, 9.17) is 9.47 Å². The summed E-state index contributed by atoms with van der Waals surface area (Å²) in [6.45, 7) is 76.2. The van der Waals surface area contributed by atoms with Crippen LogP contribution in [0.15, 0.2) is 0 Å². The second-order valence-corrected chi connectivity index (χ2v) is 38.8. The van der Waals surface area contributed by atoms with Crippen LogP contribution in [0.3, 0.4) is 0 Å². The van der Waals surface area contributed by atoms with Crippen LogP contribution in [0.2, 0.25) is 0 Å². The minimum absolute atomic E-state index is 0. The Morgan fingerprint density at radius 1 is 0.364 bits per heavy atom. The van der Waals surface area contributed by atoms with Crippen LogP contribution in [0, 0.1) is 59.6 Å². The van der Waals surface area contributed by atoms with Crippen LogP contribution in [-0.4, -0.2) is 67.4 Å². The Bertz CT molecular complexity index is 1510. The fourth-order valence-electron chi connectivity index (χ4n) is 11.1. The molecule has 3 rings (SSSR count). The normalized spacial score (nSPS) is 18.3. The van der Waals surface area contributed by atoms with Gasteiger partial charge in [-0.05, 0) is 147 Å². The lowest BCUT2D eigenvalue weighted by Crippen LogP contribution is -2.44. The molecule has 3 aliphatic rings. The Kier molecular flexibility index (Phi) is 45.0. The summed E-state index contributed by atoms with van der Waals surface area (Å²) in [7, 11) is 0. The molecule has 12 heteroatoms. The third kappa shape index (κ3) is 77.7. The highest BCUT2D eigenvalue weighted by molar-refractivity contribution is 4.96. The SMILES string of the molecule is C.CC(C)(C)CC(C)(F)F.CC(C)(C)CC1(C)COC1.CC(C)(C)CC1(F)CC1.CC(F)CC(C)(C)C.CCC(C)(F)CC(C)(C)C.CCC(C)(F)CC(C)(C)C.CCC(F)(F)CC(C)(C)C.CCC(F)(F)CC(C)(C)C.CCC1(CC(C)(C)C)COC1. The second-order valence-electron chi connectivity index (χ2n) is 38.8. The monoisotopic (exact) mass is 1290 g/mol. The molecular weight excluding hydrogens is 1130 g/mol. The van der Waals surface area contributed by atoms with Crippen LogP contribution in [0.5, 0.6) is 0 Å².